The highest BCUT2D eigenvalue weighted by Gasteiger charge is 2.38. The Kier molecular flexibility index (Phi) is 5.12. The first-order valence-electron chi connectivity index (χ1n) is 9.84. The lowest BCUT2D eigenvalue weighted by molar-refractivity contribution is 0.0607. The van der Waals surface area contributed by atoms with E-state index in [0.717, 1.165) is 18.1 Å². The summed E-state index contributed by atoms with van der Waals surface area (Å²) >= 11 is 0. The number of aromatic hydroxyl groups is 1. The number of nitrogens with zero attached hydrogens (tertiary/aromatic N) is 2. The van der Waals surface area contributed by atoms with E-state index < -0.39 is 34.6 Å². The van der Waals surface area contributed by atoms with E-state index in [1.165, 1.54) is 22.4 Å². The number of pyridine rings is 1. The van der Waals surface area contributed by atoms with Crippen molar-refractivity contribution in [1.82, 2.24) is 14.8 Å². The van der Waals surface area contributed by atoms with Crippen LogP contribution in [-0.4, -0.2) is 39.0 Å². The number of fused-ring (bicyclic) bond motifs is 2. The Labute approximate surface area is 176 Å². The summed E-state index contributed by atoms with van der Waals surface area (Å²) in [5.41, 5.74) is 0.786. The lowest BCUT2D eigenvalue weighted by Crippen LogP contribution is -2.52. The zero-order valence-corrected chi connectivity index (χ0v) is 17.0. The van der Waals surface area contributed by atoms with Crippen molar-refractivity contribution >= 4 is 11.8 Å². The van der Waals surface area contributed by atoms with Crippen LogP contribution in [0, 0.1) is 11.6 Å². The minimum Gasteiger partial charge on any atom is -0.503 e. The second kappa shape index (κ2) is 7.64. The third-order valence-corrected chi connectivity index (χ3v) is 6.07. The molecule has 2 aliphatic rings. The van der Waals surface area contributed by atoms with E-state index in [1.807, 2.05) is 13.8 Å². The van der Waals surface area contributed by atoms with Crippen LogP contribution in [0.3, 0.4) is 0 Å². The zero-order chi connectivity index (χ0) is 22.4. The quantitative estimate of drug-likeness (QED) is 0.733. The predicted octanol–water partition coefficient (Wildman–Crippen LogP) is 2.33. The molecule has 3 heterocycles. The Morgan fingerprint density at radius 3 is 2.71 bits per heavy atom. The van der Waals surface area contributed by atoms with Gasteiger partial charge in [0.05, 0.1) is 6.04 Å². The van der Waals surface area contributed by atoms with Gasteiger partial charge in [-0.1, -0.05) is 17.2 Å². The molecular formula is C22H21F2N3O4. The summed E-state index contributed by atoms with van der Waals surface area (Å²) in [7, 11) is 0. The molecule has 0 bridgehead atoms. The molecule has 1 aromatic heterocycles. The molecule has 2 amide bonds. The molecule has 0 aliphatic carbocycles. The Balaban J connectivity index is 1.65. The van der Waals surface area contributed by atoms with Crippen LogP contribution in [0.2, 0.25) is 0 Å². The highest BCUT2D eigenvalue weighted by atomic mass is 19.1. The highest BCUT2D eigenvalue weighted by Crippen LogP contribution is 2.31. The largest absolute Gasteiger partial charge is 0.503 e. The molecule has 2 aromatic rings. The average Bonchev–Trinajstić information content (AvgIpc) is 2.72. The second-order valence-corrected chi connectivity index (χ2v) is 7.87. The molecule has 9 heteroatoms. The fourth-order valence-corrected chi connectivity index (χ4v) is 4.08. The van der Waals surface area contributed by atoms with Crippen LogP contribution in [0.1, 0.15) is 46.7 Å². The number of carbonyl (C=O) groups excluding carboxylic acids is 2. The fourth-order valence-electron chi connectivity index (χ4n) is 4.08. The van der Waals surface area contributed by atoms with Gasteiger partial charge in [-0.25, -0.2) is 8.78 Å². The van der Waals surface area contributed by atoms with Gasteiger partial charge in [0.25, 0.3) is 11.8 Å². The molecule has 7 nitrogen and oxygen atoms in total. The maximum Gasteiger partial charge on any atom is 0.275 e. The summed E-state index contributed by atoms with van der Waals surface area (Å²) < 4.78 is 28.3. The third kappa shape index (κ3) is 3.49. The van der Waals surface area contributed by atoms with Crippen LogP contribution < -0.4 is 10.7 Å². The number of amides is 2. The van der Waals surface area contributed by atoms with Gasteiger partial charge in [-0.15, -0.1) is 0 Å². The lowest BCUT2D eigenvalue weighted by Gasteiger charge is -2.42. The van der Waals surface area contributed by atoms with Gasteiger partial charge in [0.1, 0.15) is 17.2 Å². The second-order valence-electron chi connectivity index (χ2n) is 7.87. The van der Waals surface area contributed by atoms with Crippen molar-refractivity contribution in [3.8, 4) is 5.75 Å². The van der Waals surface area contributed by atoms with Crippen LogP contribution in [0.15, 0.2) is 40.3 Å². The molecule has 0 unspecified atom stereocenters. The normalized spacial score (nSPS) is 18.0. The molecule has 0 saturated carbocycles. The maximum atomic E-state index is 13.8. The number of rotatable bonds is 3. The lowest BCUT2D eigenvalue weighted by atomic mass is 9.92. The summed E-state index contributed by atoms with van der Waals surface area (Å²) in [6, 6.07) is 2.72. The van der Waals surface area contributed by atoms with Crippen molar-refractivity contribution < 1.29 is 23.5 Å². The van der Waals surface area contributed by atoms with E-state index in [0.29, 0.717) is 19.2 Å². The molecule has 4 rings (SSSR count). The van der Waals surface area contributed by atoms with Gasteiger partial charge in [0.15, 0.2) is 11.4 Å². The van der Waals surface area contributed by atoms with Gasteiger partial charge < -0.3 is 19.9 Å². The monoisotopic (exact) mass is 429 g/mol. The minimum absolute atomic E-state index is 0.0429. The van der Waals surface area contributed by atoms with Crippen LogP contribution in [0.5, 0.6) is 5.75 Å². The van der Waals surface area contributed by atoms with Crippen molar-refractivity contribution in [1.29, 1.82) is 0 Å². The molecule has 0 saturated heterocycles. The average molecular weight is 429 g/mol. The number of carbonyl (C=O) groups is 2. The molecule has 1 atom stereocenters. The Bertz CT molecular complexity index is 1200. The standard InChI is InChI=1S/C22H21F2N3O4/c1-11-5-6-27-17(12(11)2)10-26-9-15(19(28)20(29)18(26)22(27)31)21(30)25-8-13-3-4-14(23)7-16(13)24/h3-4,7,9,17,29H,5-6,8,10H2,1-2H3,(H,25,30)/t17-/m1/s1. The first-order chi connectivity index (χ1) is 14.7. The zero-order valence-electron chi connectivity index (χ0n) is 17.0. The predicted molar refractivity (Wildman–Crippen MR) is 108 cm³/mol. The summed E-state index contributed by atoms with van der Waals surface area (Å²) in [6.07, 6.45) is 1.97. The Hall–Kier alpha value is -3.49. The van der Waals surface area contributed by atoms with Crippen molar-refractivity contribution in [2.75, 3.05) is 6.54 Å². The van der Waals surface area contributed by atoms with Crippen LogP contribution in [-0.2, 0) is 13.1 Å². The molecule has 2 N–H and O–H groups in total. The van der Waals surface area contributed by atoms with Crippen molar-refractivity contribution in [2.24, 2.45) is 0 Å². The summed E-state index contributed by atoms with van der Waals surface area (Å²) in [6.45, 7) is 4.46. The first-order valence-corrected chi connectivity index (χ1v) is 9.84. The smallest absolute Gasteiger partial charge is 0.275 e. The third-order valence-electron chi connectivity index (χ3n) is 6.07. The van der Waals surface area contributed by atoms with Crippen molar-refractivity contribution in [2.45, 2.75) is 39.4 Å². The van der Waals surface area contributed by atoms with E-state index >= 15 is 0 Å². The van der Waals surface area contributed by atoms with Gasteiger partial charge >= 0.3 is 0 Å². The van der Waals surface area contributed by atoms with Gasteiger partial charge in [0, 0.05) is 37.5 Å². The molecule has 162 valence electrons. The van der Waals surface area contributed by atoms with Crippen LogP contribution in [0.4, 0.5) is 8.78 Å². The highest BCUT2D eigenvalue weighted by molar-refractivity contribution is 5.99. The van der Waals surface area contributed by atoms with E-state index in [-0.39, 0.29) is 29.4 Å². The number of halogens is 2. The Morgan fingerprint density at radius 2 is 2.00 bits per heavy atom. The number of benzene rings is 1. The number of hydrogen-bond donors (Lipinski definition) is 2. The number of nitrogens with one attached hydrogen (secondary N) is 1. The molecule has 31 heavy (non-hydrogen) atoms. The maximum absolute atomic E-state index is 13.8. The molecule has 0 radical (unpaired) electrons. The fraction of sp³-hybridized carbons (Fsp3) is 0.318. The molecule has 0 spiro atoms. The van der Waals surface area contributed by atoms with Gasteiger partial charge in [0.2, 0.25) is 5.43 Å². The first kappa shape index (κ1) is 20.8. The van der Waals surface area contributed by atoms with Crippen LogP contribution >= 0.6 is 0 Å². The van der Waals surface area contributed by atoms with E-state index in [4.69, 9.17) is 0 Å². The van der Waals surface area contributed by atoms with Crippen molar-refractivity contribution in [3.05, 3.63) is 74.2 Å². The molecule has 0 fully saturated rings. The van der Waals surface area contributed by atoms with Gasteiger partial charge in [-0.05, 0) is 26.3 Å². The molecular weight excluding hydrogens is 408 g/mol. The number of hydrogen-bond acceptors (Lipinski definition) is 4. The van der Waals surface area contributed by atoms with E-state index in [1.54, 1.807) is 4.90 Å². The van der Waals surface area contributed by atoms with Crippen LogP contribution in [0.25, 0.3) is 0 Å². The van der Waals surface area contributed by atoms with Gasteiger partial charge in [-0.3, -0.25) is 14.4 Å². The summed E-state index contributed by atoms with van der Waals surface area (Å²) in [5.74, 6) is -3.65. The topological polar surface area (TPSA) is 91.6 Å². The summed E-state index contributed by atoms with van der Waals surface area (Å²) in [5, 5.41) is 12.8. The molecule has 2 aliphatic heterocycles. The van der Waals surface area contributed by atoms with Crippen molar-refractivity contribution in [3.63, 3.8) is 0 Å². The van der Waals surface area contributed by atoms with E-state index in [2.05, 4.69) is 5.32 Å². The van der Waals surface area contributed by atoms with Gasteiger partial charge in [-0.2, -0.15) is 0 Å². The van der Waals surface area contributed by atoms with E-state index in [9.17, 15) is 28.3 Å². The Morgan fingerprint density at radius 1 is 1.26 bits per heavy atom. The molecule has 1 aromatic carbocycles. The number of aromatic nitrogens is 1. The minimum atomic E-state index is -0.976. The SMILES string of the molecule is CC1=C(C)[C@H]2Cn3cc(C(=O)NCc4ccc(F)cc4F)c(=O)c(O)c3C(=O)N2CC1. The summed E-state index contributed by atoms with van der Waals surface area (Å²) in [4.78, 5) is 39.8.